The molecular formula is C13H16BrNO5S. The van der Waals surface area contributed by atoms with Crippen molar-refractivity contribution in [1.82, 2.24) is 4.31 Å². The van der Waals surface area contributed by atoms with E-state index in [1.807, 2.05) is 0 Å². The van der Waals surface area contributed by atoms with E-state index in [1.165, 1.54) is 22.5 Å². The van der Waals surface area contributed by atoms with Crippen LogP contribution in [0.4, 0.5) is 0 Å². The van der Waals surface area contributed by atoms with E-state index in [0.29, 0.717) is 19.4 Å². The average molecular weight is 378 g/mol. The quantitative estimate of drug-likeness (QED) is 0.835. The van der Waals surface area contributed by atoms with Crippen LogP contribution in [-0.2, 0) is 10.0 Å². The summed E-state index contributed by atoms with van der Waals surface area (Å²) in [5.41, 5.74) is -1.04. The number of aliphatic hydroxyl groups is 1. The molecule has 6 nitrogen and oxygen atoms in total. The first kappa shape index (κ1) is 16.4. The zero-order valence-corrected chi connectivity index (χ0v) is 13.8. The third-order valence-electron chi connectivity index (χ3n) is 3.44. The van der Waals surface area contributed by atoms with Gasteiger partial charge in [0.2, 0.25) is 10.0 Å². The number of aromatic carboxylic acids is 1. The topological polar surface area (TPSA) is 94.9 Å². The highest BCUT2D eigenvalue weighted by molar-refractivity contribution is 9.10. The molecule has 0 amide bonds. The van der Waals surface area contributed by atoms with Gasteiger partial charge in [0.15, 0.2) is 0 Å². The zero-order valence-electron chi connectivity index (χ0n) is 11.4. The maximum atomic E-state index is 12.6. The Morgan fingerprint density at radius 2 is 2.10 bits per heavy atom. The van der Waals surface area contributed by atoms with Crippen molar-refractivity contribution < 1.29 is 23.4 Å². The number of carboxylic acid groups (broad SMARTS) is 1. The van der Waals surface area contributed by atoms with Crippen LogP contribution in [0.5, 0.6) is 0 Å². The second-order valence-electron chi connectivity index (χ2n) is 5.39. The van der Waals surface area contributed by atoms with Gasteiger partial charge in [-0.05, 0) is 53.9 Å². The largest absolute Gasteiger partial charge is 0.478 e. The van der Waals surface area contributed by atoms with Crippen molar-refractivity contribution in [2.45, 2.75) is 30.3 Å². The fraction of sp³-hybridized carbons (Fsp3) is 0.462. The van der Waals surface area contributed by atoms with E-state index < -0.39 is 21.6 Å². The van der Waals surface area contributed by atoms with E-state index in [1.54, 1.807) is 6.92 Å². The van der Waals surface area contributed by atoms with Gasteiger partial charge < -0.3 is 10.2 Å². The minimum Gasteiger partial charge on any atom is -0.478 e. The van der Waals surface area contributed by atoms with E-state index >= 15 is 0 Å². The highest BCUT2D eigenvalue weighted by atomic mass is 79.9. The number of carbonyl (C=O) groups is 1. The third kappa shape index (κ3) is 3.45. The van der Waals surface area contributed by atoms with Crippen molar-refractivity contribution in [1.29, 1.82) is 0 Å². The number of β-amino-alcohol motifs (C(OH)–C–C–N with tert-alkyl or cyclic N) is 1. The summed E-state index contributed by atoms with van der Waals surface area (Å²) < 4.78 is 26.7. The summed E-state index contributed by atoms with van der Waals surface area (Å²) in [6, 6.07) is 3.78. The molecule has 1 unspecified atom stereocenters. The van der Waals surface area contributed by atoms with Crippen LogP contribution >= 0.6 is 15.9 Å². The molecule has 1 fully saturated rings. The van der Waals surface area contributed by atoms with Crippen LogP contribution < -0.4 is 0 Å². The number of benzene rings is 1. The molecule has 0 radical (unpaired) electrons. The Morgan fingerprint density at radius 3 is 2.62 bits per heavy atom. The van der Waals surface area contributed by atoms with Crippen LogP contribution in [0.2, 0.25) is 0 Å². The van der Waals surface area contributed by atoms with Gasteiger partial charge in [-0.1, -0.05) is 0 Å². The molecule has 0 bridgehead atoms. The number of sulfonamides is 1. The minimum atomic E-state index is -3.77. The second kappa shape index (κ2) is 5.68. The number of piperidine rings is 1. The first-order valence-electron chi connectivity index (χ1n) is 6.39. The maximum Gasteiger partial charge on any atom is 0.335 e. The number of hydrogen-bond donors (Lipinski definition) is 2. The van der Waals surface area contributed by atoms with E-state index in [2.05, 4.69) is 15.9 Å². The molecule has 1 atom stereocenters. The zero-order chi connectivity index (χ0) is 15.8. The second-order valence-corrected chi connectivity index (χ2v) is 8.15. The number of halogens is 1. The highest BCUT2D eigenvalue weighted by Crippen LogP contribution is 2.30. The number of hydrogen-bond acceptors (Lipinski definition) is 4. The van der Waals surface area contributed by atoms with Gasteiger partial charge in [-0.15, -0.1) is 0 Å². The molecule has 1 aliphatic heterocycles. The molecule has 1 heterocycles. The van der Waals surface area contributed by atoms with Crippen LogP contribution in [-0.4, -0.2) is 47.6 Å². The molecule has 0 aromatic heterocycles. The van der Waals surface area contributed by atoms with Crippen molar-refractivity contribution in [2.24, 2.45) is 0 Å². The highest BCUT2D eigenvalue weighted by Gasteiger charge is 2.36. The van der Waals surface area contributed by atoms with Gasteiger partial charge in [0.25, 0.3) is 0 Å². The predicted octanol–water partition coefficient (Wildman–Crippen LogP) is 1.68. The van der Waals surface area contributed by atoms with Gasteiger partial charge in [0, 0.05) is 17.6 Å². The van der Waals surface area contributed by atoms with Gasteiger partial charge >= 0.3 is 5.97 Å². The number of rotatable bonds is 3. The fourth-order valence-corrected chi connectivity index (χ4v) is 5.00. The Morgan fingerprint density at radius 1 is 1.43 bits per heavy atom. The Balaban J connectivity index is 2.38. The lowest BCUT2D eigenvalue weighted by molar-refractivity contribution is 0.00939. The van der Waals surface area contributed by atoms with Crippen LogP contribution in [0.3, 0.4) is 0 Å². The van der Waals surface area contributed by atoms with E-state index in [4.69, 9.17) is 5.11 Å². The standard InChI is InChI=1S/C13H16BrNO5S/c1-13(18)5-2-6-15(8-13)21(19,20)11-4-3-9(12(16)17)7-10(11)14/h3-4,7,18H,2,5-6,8H2,1H3,(H,16,17). The van der Waals surface area contributed by atoms with Gasteiger partial charge in [-0.25, -0.2) is 13.2 Å². The molecule has 0 aliphatic carbocycles. The molecule has 21 heavy (non-hydrogen) atoms. The Bertz CT molecular complexity index is 671. The monoisotopic (exact) mass is 377 g/mol. The summed E-state index contributed by atoms with van der Waals surface area (Å²) in [5, 5.41) is 19.0. The van der Waals surface area contributed by atoms with Crippen LogP contribution in [0, 0.1) is 0 Å². The molecule has 2 rings (SSSR count). The van der Waals surface area contributed by atoms with E-state index in [9.17, 15) is 18.3 Å². The first-order chi connectivity index (χ1) is 9.63. The Kier molecular flexibility index (Phi) is 4.44. The normalized spacial score (nSPS) is 24.0. The van der Waals surface area contributed by atoms with Crippen molar-refractivity contribution in [3.63, 3.8) is 0 Å². The van der Waals surface area contributed by atoms with Crippen molar-refractivity contribution in [2.75, 3.05) is 13.1 Å². The first-order valence-corrected chi connectivity index (χ1v) is 8.62. The number of nitrogens with zero attached hydrogens (tertiary/aromatic N) is 1. The van der Waals surface area contributed by atoms with Gasteiger partial charge in [-0.3, -0.25) is 0 Å². The molecule has 0 saturated carbocycles. The SMILES string of the molecule is CC1(O)CCCN(S(=O)(=O)c2ccc(C(=O)O)cc2Br)C1. The van der Waals surface area contributed by atoms with E-state index in [0.717, 1.165) is 0 Å². The predicted molar refractivity (Wildman–Crippen MR) is 79.7 cm³/mol. The third-order valence-corrected chi connectivity index (χ3v) is 6.26. The Labute approximate surface area is 131 Å². The lowest BCUT2D eigenvalue weighted by Gasteiger charge is -2.36. The molecule has 116 valence electrons. The summed E-state index contributed by atoms with van der Waals surface area (Å²) in [6.45, 7) is 1.98. The molecule has 0 spiro atoms. The number of carboxylic acids is 1. The van der Waals surface area contributed by atoms with E-state index in [-0.39, 0.29) is 21.5 Å². The van der Waals surface area contributed by atoms with Crippen molar-refractivity contribution in [3.8, 4) is 0 Å². The Hall–Kier alpha value is -0.960. The minimum absolute atomic E-state index is 0.00481. The molecule has 8 heteroatoms. The molecule has 1 aromatic carbocycles. The lowest BCUT2D eigenvalue weighted by Crippen LogP contribution is -2.48. The maximum absolute atomic E-state index is 12.6. The van der Waals surface area contributed by atoms with Crippen LogP contribution in [0.15, 0.2) is 27.6 Å². The van der Waals surface area contributed by atoms with Crippen LogP contribution in [0.25, 0.3) is 0 Å². The summed E-state index contributed by atoms with van der Waals surface area (Å²) in [4.78, 5) is 10.9. The van der Waals surface area contributed by atoms with Gasteiger partial charge in [-0.2, -0.15) is 4.31 Å². The summed E-state index contributed by atoms with van der Waals surface area (Å²) in [6.07, 6.45) is 1.13. The summed E-state index contributed by atoms with van der Waals surface area (Å²) in [5.74, 6) is -1.12. The smallest absolute Gasteiger partial charge is 0.335 e. The molecular weight excluding hydrogens is 362 g/mol. The molecule has 1 aromatic rings. The fourth-order valence-electron chi connectivity index (χ4n) is 2.36. The van der Waals surface area contributed by atoms with Crippen molar-refractivity contribution in [3.05, 3.63) is 28.2 Å². The van der Waals surface area contributed by atoms with Gasteiger partial charge in [0.05, 0.1) is 16.1 Å². The molecule has 1 aliphatic rings. The summed E-state index contributed by atoms with van der Waals surface area (Å²) >= 11 is 3.11. The average Bonchev–Trinajstić information content (AvgIpc) is 2.36. The molecule has 2 N–H and O–H groups in total. The summed E-state index contributed by atoms with van der Waals surface area (Å²) in [7, 11) is -3.77. The lowest BCUT2D eigenvalue weighted by atomic mass is 9.97. The van der Waals surface area contributed by atoms with Crippen molar-refractivity contribution >= 4 is 31.9 Å². The van der Waals surface area contributed by atoms with Gasteiger partial charge in [0.1, 0.15) is 0 Å². The van der Waals surface area contributed by atoms with Crippen LogP contribution in [0.1, 0.15) is 30.1 Å². The molecule has 1 saturated heterocycles.